The van der Waals surface area contributed by atoms with Gasteiger partial charge in [0.15, 0.2) is 0 Å². The Morgan fingerprint density at radius 1 is 1.37 bits per heavy atom. The van der Waals surface area contributed by atoms with Crippen LogP contribution in [0.25, 0.3) is 0 Å². The van der Waals surface area contributed by atoms with Crippen molar-refractivity contribution in [2.75, 3.05) is 4.90 Å². The third-order valence-electron chi connectivity index (χ3n) is 3.24. The first-order valence-electron chi connectivity index (χ1n) is 6.68. The second-order valence-electron chi connectivity index (χ2n) is 5.34. The van der Waals surface area contributed by atoms with Crippen LogP contribution in [0.4, 0.5) is 5.69 Å². The monoisotopic (exact) mass is 260 g/mol. The van der Waals surface area contributed by atoms with Crippen LogP contribution in [0.1, 0.15) is 32.8 Å². The molecule has 2 amide bonds. The SMILES string of the molecule is CC(C)NC(=O)CC(=O)N1c2ccccc2CC1C. The van der Waals surface area contributed by atoms with Gasteiger partial charge in [-0.1, -0.05) is 18.2 Å². The highest BCUT2D eigenvalue weighted by molar-refractivity contribution is 6.06. The molecule has 1 aliphatic rings. The molecule has 1 aliphatic heterocycles. The van der Waals surface area contributed by atoms with Crippen LogP contribution in [0.5, 0.6) is 0 Å². The van der Waals surface area contributed by atoms with Crippen molar-refractivity contribution in [3.05, 3.63) is 29.8 Å². The molecule has 0 spiro atoms. The Kier molecular flexibility index (Phi) is 3.88. The van der Waals surface area contributed by atoms with Crippen molar-refractivity contribution in [1.82, 2.24) is 5.32 Å². The molecule has 0 radical (unpaired) electrons. The van der Waals surface area contributed by atoms with E-state index < -0.39 is 0 Å². The fraction of sp³-hybridized carbons (Fsp3) is 0.467. The van der Waals surface area contributed by atoms with Gasteiger partial charge in [-0.25, -0.2) is 0 Å². The highest BCUT2D eigenvalue weighted by Gasteiger charge is 2.31. The van der Waals surface area contributed by atoms with E-state index in [0.29, 0.717) is 0 Å². The van der Waals surface area contributed by atoms with Crippen molar-refractivity contribution < 1.29 is 9.59 Å². The summed E-state index contributed by atoms with van der Waals surface area (Å²) in [6.07, 6.45) is 0.768. The third kappa shape index (κ3) is 2.95. The third-order valence-corrected chi connectivity index (χ3v) is 3.24. The molecule has 0 saturated carbocycles. The quantitative estimate of drug-likeness (QED) is 0.844. The number of nitrogens with zero attached hydrogens (tertiary/aromatic N) is 1. The maximum atomic E-state index is 12.3. The first kappa shape index (κ1) is 13.6. The van der Waals surface area contributed by atoms with Crippen molar-refractivity contribution >= 4 is 17.5 Å². The van der Waals surface area contributed by atoms with Crippen molar-refractivity contribution in [1.29, 1.82) is 0 Å². The minimum absolute atomic E-state index is 0.0589. The van der Waals surface area contributed by atoms with E-state index in [2.05, 4.69) is 5.32 Å². The molecule has 2 rings (SSSR count). The number of hydrogen-bond acceptors (Lipinski definition) is 2. The number of carbonyl (C=O) groups excluding carboxylic acids is 2. The molecule has 0 fully saturated rings. The topological polar surface area (TPSA) is 49.4 Å². The van der Waals surface area contributed by atoms with E-state index in [9.17, 15) is 9.59 Å². The second-order valence-corrected chi connectivity index (χ2v) is 5.34. The van der Waals surface area contributed by atoms with Gasteiger partial charge in [-0.05, 0) is 38.8 Å². The zero-order valence-electron chi connectivity index (χ0n) is 11.6. The number of fused-ring (bicyclic) bond motifs is 1. The Hall–Kier alpha value is -1.84. The molecular weight excluding hydrogens is 240 g/mol. The summed E-state index contributed by atoms with van der Waals surface area (Å²) in [5.74, 6) is -0.341. The fourth-order valence-corrected chi connectivity index (χ4v) is 2.54. The zero-order chi connectivity index (χ0) is 14.0. The molecule has 0 saturated heterocycles. The van der Waals surface area contributed by atoms with Gasteiger partial charge >= 0.3 is 0 Å². The Balaban J connectivity index is 2.09. The Bertz CT molecular complexity index is 497. The van der Waals surface area contributed by atoms with Gasteiger partial charge in [0.1, 0.15) is 6.42 Å². The van der Waals surface area contributed by atoms with Crippen LogP contribution >= 0.6 is 0 Å². The van der Waals surface area contributed by atoms with Crippen LogP contribution in [0, 0.1) is 0 Å². The molecule has 1 N–H and O–H groups in total. The summed E-state index contributed by atoms with van der Waals surface area (Å²) in [7, 11) is 0. The van der Waals surface area contributed by atoms with Crippen molar-refractivity contribution in [2.24, 2.45) is 0 Å². The van der Waals surface area contributed by atoms with Gasteiger partial charge in [0.05, 0.1) is 0 Å². The van der Waals surface area contributed by atoms with Crippen LogP contribution in [0.15, 0.2) is 24.3 Å². The zero-order valence-corrected chi connectivity index (χ0v) is 11.6. The molecule has 102 valence electrons. The van der Waals surface area contributed by atoms with E-state index >= 15 is 0 Å². The lowest BCUT2D eigenvalue weighted by Crippen LogP contribution is -2.40. The average Bonchev–Trinajstić information content (AvgIpc) is 2.63. The van der Waals surface area contributed by atoms with E-state index in [1.165, 1.54) is 5.56 Å². The van der Waals surface area contributed by atoms with E-state index in [1.54, 1.807) is 4.90 Å². The van der Waals surface area contributed by atoms with E-state index in [0.717, 1.165) is 12.1 Å². The van der Waals surface area contributed by atoms with Crippen molar-refractivity contribution in [3.8, 4) is 0 Å². The van der Waals surface area contributed by atoms with Crippen molar-refractivity contribution in [2.45, 2.75) is 45.7 Å². The van der Waals surface area contributed by atoms with Gasteiger partial charge in [-0.3, -0.25) is 9.59 Å². The Morgan fingerprint density at radius 2 is 2.05 bits per heavy atom. The molecule has 1 aromatic rings. The van der Waals surface area contributed by atoms with Gasteiger partial charge in [-0.15, -0.1) is 0 Å². The normalized spacial score (nSPS) is 17.5. The molecule has 0 bridgehead atoms. The van der Waals surface area contributed by atoms with Crippen LogP contribution in [-0.4, -0.2) is 23.9 Å². The maximum Gasteiger partial charge on any atom is 0.236 e. The summed E-state index contributed by atoms with van der Waals surface area (Å²) < 4.78 is 0. The maximum absolute atomic E-state index is 12.3. The fourth-order valence-electron chi connectivity index (χ4n) is 2.54. The standard InChI is InChI=1S/C15H20N2O2/c1-10(2)16-14(18)9-15(19)17-11(3)8-12-6-4-5-7-13(12)17/h4-7,10-11H,8-9H2,1-3H3,(H,16,18). The van der Waals surface area contributed by atoms with Crippen LogP contribution < -0.4 is 10.2 Å². The van der Waals surface area contributed by atoms with Gasteiger partial charge in [-0.2, -0.15) is 0 Å². The summed E-state index contributed by atoms with van der Waals surface area (Å²) in [5.41, 5.74) is 2.12. The smallest absolute Gasteiger partial charge is 0.236 e. The van der Waals surface area contributed by atoms with E-state index in [1.807, 2.05) is 45.0 Å². The summed E-state index contributed by atoms with van der Waals surface area (Å²) in [6.45, 7) is 5.78. The average molecular weight is 260 g/mol. The summed E-state index contributed by atoms with van der Waals surface area (Å²) in [4.78, 5) is 25.7. The molecule has 4 nitrogen and oxygen atoms in total. The predicted molar refractivity (Wildman–Crippen MR) is 75.0 cm³/mol. The van der Waals surface area contributed by atoms with Crippen LogP contribution in [0.2, 0.25) is 0 Å². The molecule has 1 heterocycles. The summed E-state index contributed by atoms with van der Waals surface area (Å²) >= 11 is 0. The highest BCUT2D eigenvalue weighted by Crippen LogP contribution is 2.32. The molecule has 1 aromatic carbocycles. The predicted octanol–water partition coefficient (Wildman–Crippen LogP) is 1.88. The van der Waals surface area contributed by atoms with Gasteiger partial charge in [0.25, 0.3) is 0 Å². The lowest BCUT2D eigenvalue weighted by atomic mass is 10.1. The number of rotatable bonds is 3. The minimum Gasteiger partial charge on any atom is -0.353 e. The van der Waals surface area contributed by atoms with Crippen LogP contribution in [-0.2, 0) is 16.0 Å². The van der Waals surface area contributed by atoms with E-state index in [-0.39, 0.29) is 30.3 Å². The summed E-state index contributed by atoms with van der Waals surface area (Å²) in [6, 6.07) is 8.06. The number of carbonyl (C=O) groups is 2. The van der Waals surface area contributed by atoms with Gasteiger partial charge in [0.2, 0.25) is 11.8 Å². The molecule has 0 aromatic heterocycles. The first-order valence-corrected chi connectivity index (χ1v) is 6.68. The lowest BCUT2D eigenvalue weighted by Gasteiger charge is -2.22. The molecular formula is C15H20N2O2. The van der Waals surface area contributed by atoms with Gasteiger partial charge in [0, 0.05) is 17.8 Å². The number of amides is 2. The van der Waals surface area contributed by atoms with Crippen LogP contribution in [0.3, 0.4) is 0 Å². The molecule has 1 unspecified atom stereocenters. The first-order chi connectivity index (χ1) is 8.99. The number of benzene rings is 1. The number of nitrogens with one attached hydrogen (secondary N) is 1. The Morgan fingerprint density at radius 3 is 2.74 bits per heavy atom. The highest BCUT2D eigenvalue weighted by atomic mass is 16.2. The lowest BCUT2D eigenvalue weighted by molar-refractivity contribution is -0.128. The Labute approximate surface area is 113 Å². The number of hydrogen-bond donors (Lipinski definition) is 1. The largest absolute Gasteiger partial charge is 0.353 e. The minimum atomic E-state index is -0.211. The van der Waals surface area contributed by atoms with Crippen molar-refractivity contribution in [3.63, 3.8) is 0 Å². The molecule has 1 atom stereocenters. The number of para-hydroxylation sites is 1. The van der Waals surface area contributed by atoms with Gasteiger partial charge < -0.3 is 10.2 Å². The summed E-state index contributed by atoms with van der Waals surface area (Å²) in [5, 5.41) is 2.75. The molecule has 19 heavy (non-hydrogen) atoms. The number of anilines is 1. The van der Waals surface area contributed by atoms with E-state index in [4.69, 9.17) is 0 Å². The second kappa shape index (κ2) is 5.43. The molecule has 4 heteroatoms. The molecule has 0 aliphatic carbocycles.